The fraction of sp³-hybridized carbons (Fsp3) is 0.458. The summed E-state index contributed by atoms with van der Waals surface area (Å²) in [4.78, 5) is 4.63. The number of para-hydroxylation sites is 1. The molecule has 1 spiro atoms. The molecule has 5 rings (SSSR count). The minimum Gasteiger partial charge on any atom is -0.491 e. The summed E-state index contributed by atoms with van der Waals surface area (Å²) in [5.41, 5.74) is 2.98. The van der Waals surface area contributed by atoms with Gasteiger partial charge in [0.15, 0.2) is 11.5 Å². The molecule has 1 unspecified atom stereocenters. The standard InChI is InChI=1S/C24H28N2O4/c1-2-27-12-6-11-25-10-5-9-23-29-21-13-18-20(14-22(21)30-23)28-16-24(18)15-26-19-8-4-3-7-17(19)24/h3-4,7-8,13-15,23,25H,2,5-6,9-12,16H2,1H3/t23-,24?/m1/s1. The second kappa shape index (κ2) is 8.28. The van der Waals surface area contributed by atoms with Gasteiger partial charge in [0, 0.05) is 37.5 Å². The van der Waals surface area contributed by atoms with Gasteiger partial charge in [0.25, 0.3) is 0 Å². The van der Waals surface area contributed by atoms with Crippen LogP contribution in [0.25, 0.3) is 0 Å². The van der Waals surface area contributed by atoms with E-state index in [1.807, 2.05) is 31.3 Å². The molecule has 0 fully saturated rings. The van der Waals surface area contributed by atoms with Crippen molar-refractivity contribution in [1.29, 1.82) is 0 Å². The van der Waals surface area contributed by atoms with Crippen molar-refractivity contribution in [1.82, 2.24) is 5.32 Å². The highest BCUT2D eigenvalue weighted by Crippen LogP contribution is 2.52. The Labute approximate surface area is 177 Å². The predicted octanol–water partition coefficient (Wildman–Crippen LogP) is 3.97. The van der Waals surface area contributed by atoms with Crippen LogP contribution in [0.3, 0.4) is 0 Å². The largest absolute Gasteiger partial charge is 0.491 e. The third kappa shape index (κ3) is 3.44. The molecule has 0 saturated carbocycles. The van der Waals surface area contributed by atoms with Crippen LogP contribution >= 0.6 is 0 Å². The van der Waals surface area contributed by atoms with Gasteiger partial charge in [-0.25, -0.2) is 0 Å². The second-order valence-corrected chi connectivity index (χ2v) is 7.94. The van der Waals surface area contributed by atoms with Crippen molar-refractivity contribution in [3.8, 4) is 17.2 Å². The fourth-order valence-electron chi connectivity index (χ4n) is 4.39. The summed E-state index contributed by atoms with van der Waals surface area (Å²) in [5.74, 6) is 2.42. The second-order valence-electron chi connectivity index (χ2n) is 7.94. The molecule has 1 N–H and O–H groups in total. The van der Waals surface area contributed by atoms with Gasteiger partial charge in [-0.15, -0.1) is 0 Å². The maximum absolute atomic E-state index is 6.11. The van der Waals surface area contributed by atoms with Crippen molar-refractivity contribution in [3.05, 3.63) is 47.5 Å². The molecule has 158 valence electrons. The minimum absolute atomic E-state index is 0.242. The molecule has 0 bridgehead atoms. The van der Waals surface area contributed by atoms with Crippen LogP contribution in [0.4, 0.5) is 5.69 Å². The van der Waals surface area contributed by atoms with E-state index in [2.05, 4.69) is 28.5 Å². The van der Waals surface area contributed by atoms with Gasteiger partial charge in [-0.3, -0.25) is 4.99 Å². The van der Waals surface area contributed by atoms with Crippen molar-refractivity contribution in [2.24, 2.45) is 4.99 Å². The Morgan fingerprint density at radius 1 is 1.07 bits per heavy atom. The summed E-state index contributed by atoms with van der Waals surface area (Å²) in [6.07, 6.45) is 4.64. The van der Waals surface area contributed by atoms with Crippen LogP contribution in [0.5, 0.6) is 17.2 Å². The van der Waals surface area contributed by atoms with Crippen molar-refractivity contribution >= 4 is 11.9 Å². The highest BCUT2D eigenvalue weighted by atomic mass is 16.7. The first-order chi connectivity index (χ1) is 14.8. The maximum atomic E-state index is 6.11. The Bertz CT molecular complexity index is 945. The van der Waals surface area contributed by atoms with Crippen LogP contribution in [0.2, 0.25) is 0 Å². The highest BCUT2D eigenvalue weighted by molar-refractivity contribution is 5.91. The fourth-order valence-corrected chi connectivity index (χ4v) is 4.39. The summed E-state index contributed by atoms with van der Waals surface area (Å²) in [6.45, 7) is 6.10. The van der Waals surface area contributed by atoms with Crippen LogP contribution in [-0.2, 0) is 10.2 Å². The van der Waals surface area contributed by atoms with Gasteiger partial charge in [0.05, 0.1) is 11.1 Å². The van der Waals surface area contributed by atoms with E-state index in [1.165, 1.54) is 5.56 Å². The topological polar surface area (TPSA) is 61.3 Å². The average Bonchev–Trinajstić information content (AvgIpc) is 3.45. The minimum atomic E-state index is -0.326. The zero-order chi connectivity index (χ0) is 20.4. The van der Waals surface area contributed by atoms with E-state index >= 15 is 0 Å². The molecule has 6 heteroatoms. The van der Waals surface area contributed by atoms with Crippen LogP contribution in [-0.4, -0.2) is 45.4 Å². The Balaban J connectivity index is 1.20. The number of nitrogens with zero attached hydrogens (tertiary/aromatic N) is 1. The molecule has 0 radical (unpaired) electrons. The quantitative estimate of drug-likeness (QED) is 0.636. The van der Waals surface area contributed by atoms with Crippen LogP contribution in [0, 0.1) is 0 Å². The summed E-state index contributed by atoms with van der Waals surface area (Å²) >= 11 is 0. The number of hydrogen-bond acceptors (Lipinski definition) is 6. The molecule has 6 nitrogen and oxygen atoms in total. The SMILES string of the molecule is CCOCCCNCCC[C@H]1Oc2cc3c(cc2O1)C1(C=Nc2ccccc21)CO3. The zero-order valence-electron chi connectivity index (χ0n) is 17.4. The Hall–Kier alpha value is -2.57. The monoisotopic (exact) mass is 408 g/mol. The number of hydrogen-bond donors (Lipinski definition) is 1. The lowest BCUT2D eigenvalue weighted by molar-refractivity contribution is 0.0401. The molecule has 0 saturated heterocycles. The van der Waals surface area contributed by atoms with Gasteiger partial charge in [0.1, 0.15) is 12.4 Å². The van der Waals surface area contributed by atoms with E-state index in [0.29, 0.717) is 6.61 Å². The summed E-state index contributed by atoms with van der Waals surface area (Å²) in [5, 5.41) is 3.44. The number of fused-ring (bicyclic) bond motifs is 5. The predicted molar refractivity (Wildman–Crippen MR) is 116 cm³/mol. The third-order valence-corrected chi connectivity index (χ3v) is 5.95. The Morgan fingerprint density at radius 2 is 1.90 bits per heavy atom. The summed E-state index contributed by atoms with van der Waals surface area (Å²) in [7, 11) is 0. The van der Waals surface area contributed by atoms with E-state index in [-0.39, 0.29) is 11.7 Å². The van der Waals surface area contributed by atoms with E-state index < -0.39 is 0 Å². The van der Waals surface area contributed by atoms with E-state index in [0.717, 1.165) is 74.1 Å². The molecule has 30 heavy (non-hydrogen) atoms. The molecule has 2 aromatic rings. The van der Waals surface area contributed by atoms with Crippen molar-refractivity contribution in [2.45, 2.75) is 37.9 Å². The first kappa shape index (κ1) is 19.4. The average molecular weight is 408 g/mol. The molecule has 0 amide bonds. The molecular weight excluding hydrogens is 380 g/mol. The summed E-state index contributed by atoms with van der Waals surface area (Å²) < 4.78 is 23.5. The molecule has 3 aliphatic heterocycles. The molecule has 3 heterocycles. The first-order valence-corrected chi connectivity index (χ1v) is 10.9. The molecule has 2 atom stereocenters. The van der Waals surface area contributed by atoms with E-state index in [4.69, 9.17) is 18.9 Å². The van der Waals surface area contributed by atoms with Gasteiger partial charge < -0.3 is 24.3 Å². The van der Waals surface area contributed by atoms with Crippen molar-refractivity contribution < 1.29 is 18.9 Å². The van der Waals surface area contributed by atoms with Crippen molar-refractivity contribution in [3.63, 3.8) is 0 Å². The smallest absolute Gasteiger partial charge is 0.241 e. The number of benzene rings is 2. The lowest BCUT2D eigenvalue weighted by Gasteiger charge is -2.20. The number of nitrogens with one attached hydrogen (secondary N) is 1. The molecular formula is C24H28N2O4. The normalized spacial score (nSPS) is 22.4. The summed E-state index contributed by atoms with van der Waals surface area (Å²) in [6, 6.07) is 12.3. The number of aliphatic imine (C=N–C) groups is 1. The van der Waals surface area contributed by atoms with Crippen LogP contribution < -0.4 is 19.5 Å². The number of ether oxygens (including phenoxy) is 4. The Morgan fingerprint density at radius 3 is 2.80 bits per heavy atom. The maximum Gasteiger partial charge on any atom is 0.241 e. The molecule has 2 aromatic carbocycles. The van der Waals surface area contributed by atoms with E-state index in [1.54, 1.807) is 0 Å². The lowest BCUT2D eigenvalue weighted by Crippen LogP contribution is -2.28. The van der Waals surface area contributed by atoms with Crippen LogP contribution in [0.15, 0.2) is 41.4 Å². The third-order valence-electron chi connectivity index (χ3n) is 5.95. The van der Waals surface area contributed by atoms with Gasteiger partial charge in [0.2, 0.25) is 6.29 Å². The molecule has 0 aliphatic carbocycles. The zero-order valence-corrected chi connectivity index (χ0v) is 17.4. The Kier molecular flexibility index (Phi) is 5.35. The van der Waals surface area contributed by atoms with Crippen molar-refractivity contribution in [2.75, 3.05) is 32.9 Å². The van der Waals surface area contributed by atoms with Gasteiger partial charge >= 0.3 is 0 Å². The van der Waals surface area contributed by atoms with Crippen LogP contribution in [0.1, 0.15) is 37.3 Å². The molecule has 3 aliphatic rings. The van der Waals surface area contributed by atoms with Gasteiger partial charge in [-0.2, -0.15) is 0 Å². The number of rotatable bonds is 9. The van der Waals surface area contributed by atoms with Gasteiger partial charge in [-0.1, -0.05) is 18.2 Å². The first-order valence-electron chi connectivity index (χ1n) is 10.9. The van der Waals surface area contributed by atoms with Gasteiger partial charge in [-0.05, 0) is 50.6 Å². The highest BCUT2D eigenvalue weighted by Gasteiger charge is 2.46. The molecule has 0 aromatic heterocycles. The lowest BCUT2D eigenvalue weighted by atomic mass is 9.78. The van der Waals surface area contributed by atoms with E-state index in [9.17, 15) is 0 Å².